The van der Waals surface area contributed by atoms with Gasteiger partial charge in [0.25, 0.3) is 0 Å². The summed E-state index contributed by atoms with van der Waals surface area (Å²) in [5.74, 6) is -0.224. The molecule has 1 aromatic heterocycles. The van der Waals surface area contributed by atoms with Crippen LogP contribution in [-0.4, -0.2) is 12.0 Å². The van der Waals surface area contributed by atoms with Crippen LogP contribution >= 0.6 is 27.3 Å². The van der Waals surface area contributed by atoms with E-state index in [1.165, 1.54) is 10.8 Å². The molecule has 0 fully saturated rings. The molecule has 1 N–H and O–H groups in total. The molecule has 0 bridgehead atoms. The highest BCUT2D eigenvalue weighted by Gasteiger charge is 2.16. The third kappa shape index (κ3) is 3.15. The van der Waals surface area contributed by atoms with Crippen molar-refractivity contribution in [1.82, 2.24) is 10.3 Å². The molecule has 2 nitrogen and oxygen atoms in total. The number of likely N-dealkylation sites (N-methyl/N-ethyl adjacent to an activating group) is 1. The van der Waals surface area contributed by atoms with Crippen molar-refractivity contribution in [2.45, 2.75) is 12.5 Å². The normalized spacial score (nSPS) is 12.7. The van der Waals surface area contributed by atoms with Crippen molar-refractivity contribution < 1.29 is 4.39 Å². The minimum absolute atomic E-state index is 0.0237. The molecule has 3 rings (SSSR count). The van der Waals surface area contributed by atoms with E-state index in [9.17, 15) is 4.39 Å². The number of rotatable bonds is 4. The van der Waals surface area contributed by atoms with Gasteiger partial charge in [-0.15, -0.1) is 11.3 Å². The van der Waals surface area contributed by atoms with Gasteiger partial charge < -0.3 is 5.32 Å². The standard InChI is InChI=1S/C16H14BrFN2S/c1-19-14(11-8-10(18)6-7-12(11)17)9-16-20-13-4-2-3-5-15(13)21-16/h2-8,14,19H,9H2,1H3. The third-order valence-electron chi connectivity index (χ3n) is 3.40. The lowest BCUT2D eigenvalue weighted by molar-refractivity contribution is 0.574. The first kappa shape index (κ1) is 14.6. The average Bonchev–Trinajstić information content (AvgIpc) is 2.90. The first-order valence-electron chi connectivity index (χ1n) is 6.64. The predicted molar refractivity (Wildman–Crippen MR) is 89.2 cm³/mol. The van der Waals surface area contributed by atoms with Crippen molar-refractivity contribution in [2.24, 2.45) is 0 Å². The minimum Gasteiger partial charge on any atom is -0.313 e. The van der Waals surface area contributed by atoms with Crippen LogP contribution in [-0.2, 0) is 6.42 Å². The van der Waals surface area contributed by atoms with Crippen molar-refractivity contribution in [3.05, 3.63) is 63.3 Å². The van der Waals surface area contributed by atoms with Gasteiger partial charge in [-0.25, -0.2) is 9.37 Å². The van der Waals surface area contributed by atoms with Crippen LogP contribution in [0.4, 0.5) is 4.39 Å². The summed E-state index contributed by atoms with van der Waals surface area (Å²) in [7, 11) is 1.88. The highest BCUT2D eigenvalue weighted by Crippen LogP contribution is 2.29. The molecule has 5 heteroatoms. The maximum atomic E-state index is 13.5. The highest BCUT2D eigenvalue weighted by molar-refractivity contribution is 9.10. The summed E-state index contributed by atoms with van der Waals surface area (Å²) in [5.41, 5.74) is 1.93. The number of thiazole rings is 1. The van der Waals surface area contributed by atoms with E-state index in [0.717, 1.165) is 27.0 Å². The summed E-state index contributed by atoms with van der Waals surface area (Å²) in [6.07, 6.45) is 0.734. The van der Waals surface area contributed by atoms with E-state index in [1.54, 1.807) is 23.5 Å². The lowest BCUT2D eigenvalue weighted by Crippen LogP contribution is -2.19. The molecule has 108 valence electrons. The summed E-state index contributed by atoms with van der Waals surface area (Å²) < 4.78 is 15.6. The second-order valence-electron chi connectivity index (χ2n) is 4.79. The Morgan fingerprint density at radius 3 is 2.86 bits per heavy atom. The van der Waals surface area contributed by atoms with Crippen molar-refractivity contribution in [1.29, 1.82) is 0 Å². The van der Waals surface area contributed by atoms with Crippen molar-refractivity contribution in [3.63, 3.8) is 0 Å². The van der Waals surface area contributed by atoms with Gasteiger partial charge in [-0.2, -0.15) is 0 Å². The average molecular weight is 365 g/mol. The molecule has 0 saturated heterocycles. The molecular formula is C16H14BrFN2S. The minimum atomic E-state index is -0.224. The maximum absolute atomic E-state index is 13.5. The molecule has 0 radical (unpaired) electrons. The fourth-order valence-corrected chi connectivity index (χ4v) is 3.87. The van der Waals surface area contributed by atoms with E-state index >= 15 is 0 Å². The van der Waals surface area contributed by atoms with Gasteiger partial charge in [0.2, 0.25) is 0 Å². The summed E-state index contributed by atoms with van der Waals surface area (Å²) in [4.78, 5) is 4.65. The number of nitrogens with zero attached hydrogens (tertiary/aromatic N) is 1. The number of para-hydroxylation sites is 1. The summed E-state index contributed by atoms with van der Waals surface area (Å²) in [5, 5.41) is 4.30. The Labute approximate surface area is 135 Å². The first-order chi connectivity index (χ1) is 10.2. The molecule has 3 aromatic rings. The van der Waals surface area contributed by atoms with Crippen LogP contribution in [0.25, 0.3) is 10.2 Å². The Kier molecular flexibility index (Phi) is 4.33. The van der Waals surface area contributed by atoms with E-state index < -0.39 is 0 Å². The third-order valence-corrected chi connectivity index (χ3v) is 5.18. The molecule has 1 atom stereocenters. The summed E-state index contributed by atoms with van der Waals surface area (Å²) >= 11 is 5.18. The molecule has 0 saturated carbocycles. The summed E-state index contributed by atoms with van der Waals surface area (Å²) in [6, 6.07) is 12.9. The van der Waals surface area contributed by atoms with Gasteiger partial charge in [-0.3, -0.25) is 0 Å². The van der Waals surface area contributed by atoms with Gasteiger partial charge >= 0.3 is 0 Å². The zero-order valence-electron chi connectivity index (χ0n) is 11.4. The van der Waals surface area contributed by atoms with Crippen molar-refractivity contribution >= 4 is 37.5 Å². The van der Waals surface area contributed by atoms with E-state index in [1.807, 2.05) is 25.2 Å². The van der Waals surface area contributed by atoms with Crippen LogP contribution in [0, 0.1) is 5.82 Å². The molecule has 0 amide bonds. The molecule has 0 aliphatic carbocycles. The van der Waals surface area contributed by atoms with E-state index in [4.69, 9.17) is 0 Å². The Balaban J connectivity index is 1.91. The topological polar surface area (TPSA) is 24.9 Å². The highest BCUT2D eigenvalue weighted by atomic mass is 79.9. The number of halogens is 2. The molecule has 2 aromatic carbocycles. The predicted octanol–water partition coefficient (Wildman–Crippen LogP) is 4.70. The summed E-state index contributed by atoms with van der Waals surface area (Å²) in [6.45, 7) is 0. The molecule has 1 unspecified atom stereocenters. The Bertz CT molecular complexity index is 739. The van der Waals surface area contributed by atoms with Gasteiger partial charge in [0.15, 0.2) is 0 Å². The fourth-order valence-electron chi connectivity index (χ4n) is 2.33. The van der Waals surface area contributed by atoms with E-state index in [-0.39, 0.29) is 11.9 Å². The molecule has 21 heavy (non-hydrogen) atoms. The van der Waals surface area contributed by atoms with Crippen LogP contribution in [0.5, 0.6) is 0 Å². The van der Waals surface area contributed by atoms with Crippen LogP contribution in [0.1, 0.15) is 16.6 Å². The van der Waals surface area contributed by atoms with Crippen LogP contribution in [0.2, 0.25) is 0 Å². The lowest BCUT2D eigenvalue weighted by atomic mass is 10.0. The van der Waals surface area contributed by atoms with E-state index in [2.05, 4.69) is 32.3 Å². The van der Waals surface area contributed by atoms with Gasteiger partial charge in [0, 0.05) is 16.9 Å². The monoisotopic (exact) mass is 364 g/mol. The zero-order valence-corrected chi connectivity index (χ0v) is 13.8. The first-order valence-corrected chi connectivity index (χ1v) is 8.25. The number of hydrogen-bond donors (Lipinski definition) is 1. The second-order valence-corrected chi connectivity index (χ2v) is 6.76. The van der Waals surface area contributed by atoms with Crippen LogP contribution < -0.4 is 5.32 Å². The van der Waals surface area contributed by atoms with Crippen LogP contribution in [0.15, 0.2) is 46.9 Å². The fraction of sp³-hybridized carbons (Fsp3) is 0.188. The Morgan fingerprint density at radius 1 is 1.29 bits per heavy atom. The van der Waals surface area contributed by atoms with Gasteiger partial charge in [-0.1, -0.05) is 28.1 Å². The molecule has 0 aliphatic heterocycles. The molecule has 0 spiro atoms. The van der Waals surface area contributed by atoms with Crippen molar-refractivity contribution in [3.8, 4) is 0 Å². The van der Waals surface area contributed by atoms with E-state index in [0.29, 0.717) is 0 Å². The SMILES string of the molecule is CNC(Cc1nc2ccccc2s1)c1cc(F)ccc1Br. The number of fused-ring (bicyclic) bond motifs is 1. The molecule has 0 aliphatic rings. The lowest BCUT2D eigenvalue weighted by Gasteiger charge is -2.17. The van der Waals surface area contributed by atoms with Crippen molar-refractivity contribution in [2.75, 3.05) is 7.05 Å². The number of benzene rings is 2. The van der Waals surface area contributed by atoms with Crippen LogP contribution in [0.3, 0.4) is 0 Å². The second kappa shape index (κ2) is 6.22. The zero-order chi connectivity index (χ0) is 14.8. The number of aromatic nitrogens is 1. The molecular weight excluding hydrogens is 351 g/mol. The Morgan fingerprint density at radius 2 is 2.10 bits per heavy atom. The molecule has 1 heterocycles. The van der Waals surface area contributed by atoms with Gasteiger partial charge in [-0.05, 0) is 42.9 Å². The largest absolute Gasteiger partial charge is 0.313 e. The number of nitrogens with one attached hydrogen (secondary N) is 1. The maximum Gasteiger partial charge on any atom is 0.123 e. The Hall–Kier alpha value is -1.30. The number of hydrogen-bond acceptors (Lipinski definition) is 3. The smallest absolute Gasteiger partial charge is 0.123 e. The quantitative estimate of drug-likeness (QED) is 0.725. The van der Waals surface area contributed by atoms with Gasteiger partial charge in [0.05, 0.1) is 15.2 Å². The van der Waals surface area contributed by atoms with Gasteiger partial charge in [0.1, 0.15) is 5.82 Å².